The van der Waals surface area contributed by atoms with Crippen LogP contribution in [0.5, 0.6) is 0 Å². The summed E-state index contributed by atoms with van der Waals surface area (Å²) in [6.07, 6.45) is 11.9. The molecule has 0 unspecified atom stereocenters. The molecule has 2 heterocycles. The van der Waals surface area contributed by atoms with E-state index in [9.17, 15) is 14.4 Å². The lowest BCUT2D eigenvalue weighted by Gasteiger charge is -2.21. The summed E-state index contributed by atoms with van der Waals surface area (Å²) in [5.41, 5.74) is 3.65. The van der Waals surface area contributed by atoms with Crippen LogP contribution in [0.3, 0.4) is 0 Å². The molecule has 0 N–H and O–H groups in total. The van der Waals surface area contributed by atoms with Crippen molar-refractivity contribution >= 4 is 23.4 Å². The summed E-state index contributed by atoms with van der Waals surface area (Å²) in [5, 5.41) is 0. The van der Waals surface area contributed by atoms with Crippen molar-refractivity contribution in [3.8, 4) is 0 Å². The molecule has 0 fully saturated rings. The number of nitrogens with zero attached hydrogens (tertiary/aromatic N) is 4. The summed E-state index contributed by atoms with van der Waals surface area (Å²) in [5.74, 6) is -0.228. The molecule has 0 spiro atoms. The van der Waals surface area contributed by atoms with Gasteiger partial charge < -0.3 is 14.7 Å². The molecule has 3 amide bonds. The summed E-state index contributed by atoms with van der Waals surface area (Å²) >= 11 is 0. The first-order chi connectivity index (χ1) is 20.4. The molecular formula is C35H48N4O3. The van der Waals surface area contributed by atoms with Gasteiger partial charge in [0.05, 0.1) is 11.1 Å². The molecule has 0 saturated heterocycles. The molecule has 2 aromatic carbocycles. The Morgan fingerprint density at radius 2 is 0.833 bits per heavy atom. The van der Waals surface area contributed by atoms with E-state index in [4.69, 9.17) is 0 Å². The van der Waals surface area contributed by atoms with E-state index in [-0.39, 0.29) is 17.7 Å². The van der Waals surface area contributed by atoms with Crippen molar-refractivity contribution < 1.29 is 14.4 Å². The molecule has 226 valence electrons. The van der Waals surface area contributed by atoms with E-state index in [1.54, 1.807) is 12.1 Å². The van der Waals surface area contributed by atoms with Crippen LogP contribution < -0.4 is 0 Å². The minimum Gasteiger partial charge on any atom is -0.308 e. The largest absolute Gasteiger partial charge is 0.308 e. The second-order valence-electron chi connectivity index (χ2n) is 11.9. The van der Waals surface area contributed by atoms with Crippen LogP contribution in [0.25, 0.3) is 5.70 Å². The van der Waals surface area contributed by atoms with Gasteiger partial charge in [0.2, 0.25) is 0 Å². The number of rotatable bonds is 19. The molecule has 7 heteroatoms. The number of hydrogen-bond acceptors (Lipinski definition) is 5. The van der Waals surface area contributed by atoms with Crippen LogP contribution in [-0.4, -0.2) is 90.7 Å². The van der Waals surface area contributed by atoms with E-state index in [1.165, 1.54) is 56.3 Å². The van der Waals surface area contributed by atoms with Crippen molar-refractivity contribution in [1.82, 2.24) is 19.6 Å². The maximum atomic E-state index is 12.6. The fourth-order valence-corrected chi connectivity index (χ4v) is 6.06. The Labute approximate surface area is 252 Å². The van der Waals surface area contributed by atoms with E-state index in [0.717, 1.165) is 62.4 Å². The lowest BCUT2D eigenvalue weighted by Crippen LogP contribution is -2.33. The lowest BCUT2D eigenvalue weighted by molar-refractivity contribution is 0.0648. The van der Waals surface area contributed by atoms with Crippen molar-refractivity contribution in [1.29, 1.82) is 0 Å². The Bertz CT molecular complexity index is 1080. The number of amides is 3. The summed E-state index contributed by atoms with van der Waals surface area (Å²) in [6, 6.07) is 14.8. The monoisotopic (exact) mass is 572 g/mol. The van der Waals surface area contributed by atoms with Gasteiger partial charge in [-0.3, -0.25) is 19.3 Å². The highest BCUT2D eigenvalue weighted by atomic mass is 16.2. The van der Waals surface area contributed by atoms with Crippen LogP contribution in [0, 0.1) is 0 Å². The third-order valence-corrected chi connectivity index (χ3v) is 8.59. The average molecular weight is 573 g/mol. The summed E-state index contributed by atoms with van der Waals surface area (Å²) in [7, 11) is 4.30. The minimum atomic E-state index is -0.157. The van der Waals surface area contributed by atoms with Gasteiger partial charge in [-0.25, -0.2) is 0 Å². The van der Waals surface area contributed by atoms with Crippen molar-refractivity contribution in [2.75, 3.05) is 53.4 Å². The first-order valence-electron chi connectivity index (χ1n) is 15.8. The van der Waals surface area contributed by atoms with Crippen LogP contribution in [-0.2, 0) is 0 Å². The molecule has 0 aromatic heterocycles. The first-order valence-corrected chi connectivity index (χ1v) is 15.8. The van der Waals surface area contributed by atoms with Crippen LogP contribution in [0.15, 0.2) is 55.1 Å². The molecule has 2 aromatic rings. The third-order valence-electron chi connectivity index (χ3n) is 8.59. The third kappa shape index (κ3) is 8.17. The number of benzene rings is 2. The maximum Gasteiger partial charge on any atom is 0.261 e. The predicted octanol–water partition coefficient (Wildman–Crippen LogP) is 6.17. The van der Waals surface area contributed by atoms with Crippen molar-refractivity contribution in [2.45, 2.75) is 64.2 Å². The highest BCUT2D eigenvalue weighted by Crippen LogP contribution is 2.31. The molecule has 0 radical (unpaired) electrons. The number of fused-ring (bicyclic) bond motifs is 2. The minimum absolute atomic E-state index is 0.0857. The van der Waals surface area contributed by atoms with Crippen LogP contribution >= 0.6 is 0 Å². The second-order valence-corrected chi connectivity index (χ2v) is 11.9. The highest BCUT2D eigenvalue weighted by molar-refractivity contribution is 6.21. The van der Waals surface area contributed by atoms with Crippen LogP contribution in [0.4, 0.5) is 0 Å². The van der Waals surface area contributed by atoms with E-state index in [2.05, 4.69) is 30.5 Å². The SMILES string of the molecule is C=C1c2ccccc2C(=O)N1CCCN(C)CCCCCCCCCCN(C)CCCN1C(=O)c2ccccc2C1=O. The van der Waals surface area contributed by atoms with E-state index < -0.39 is 0 Å². The van der Waals surface area contributed by atoms with Gasteiger partial charge >= 0.3 is 0 Å². The standard InChI is InChI=1S/C35H48N4O3/c1-28-29-18-10-11-19-30(29)33(40)38(28)26-16-24-36(2)22-14-8-6-4-5-7-9-15-23-37(3)25-17-27-39-34(41)31-20-12-13-21-32(31)35(39)42/h10-13,18-21H,1,4-9,14-17,22-27H2,2-3H3. The van der Waals surface area contributed by atoms with Gasteiger partial charge in [0.1, 0.15) is 0 Å². The zero-order chi connectivity index (χ0) is 29.9. The summed E-state index contributed by atoms with van der Waals surface area (Å²) < 4.78 is 0. The molecular weight excluding hydrogens is 524 g/mol. The highest BCUT2D eigenvalue weighted by Gasteiger charge is 2.34. The fraction of sp³-hybridized carbons (Fsp3) is 0.514. The quantitative estimate of drug-likeness (QED) is 0.149. The molecule has 2 aliphatic heterocycles. The smallest absolute Gasteiger partial charge is 0.261 e. The van der Waals surface area contributed by atoms with Gasteiger partial charge in [-0.15, -0.1) is 0 Å². The zero-order valence-electron chi connectivity index (χ0n) is 25.7. The van der Waals surface area contributed by atoms with Gasteiger partial charge in [-0.05, 0) is 84.2 Å². The van der Waals surface area contributed by atoms with Crippen molar-refractivity contribution in [3.05, 3.63) is 77.4 Å². The Hall–Kier alpha value is -3.29. The molecule has 0 bridgehead atoms. The molecule has 7 nitrogen and oxygen atoms in total. The van der Waals surface area contributed by atoms with Gasteiger partial charge in [0.25, 0.3) is 17.7 Å². The number of unbranched alkanes of at least 4 members (excludes halogenated alkanes) is 7. The van der Waals surface area contributed by atoms with Crippen LogP contribution in [0.1, 0.15) is 101 Å². The zero-order valence-corrected chi connectivity index (χ0v) is 25.7. The Morgan fingerprint density at radius 3 is 1.29 bits per heavy atom. The molecule has 4 rings (SSSR count). The fourth-order valence-electron chi connectivity index (χ4n) is 6.06. The topological polar surface area (TPSA) is 64.2 Å². The Balaban J connectivity index is 0.937. The van der Waals surface area contributed by atoms with E-state index >= 15 is 0 Å². The number of imide groups is 1. The van der Waals surface area contributed by atoms with Gasteiger partial charge in [0.15, 0.2) is 0 Å². The Kier molecular flexibility index (Phi) is 11.9. The average Bonchev–Trinajstić information content (AvgIpc) is 3.38. The van der Waals surface area contributed by atoms with Crippen molar-refractivity contribution in [3.63, 3.8) is 0 Å². The maximum absolute atomic E-state index is 12.6. The lowest BCUT2D eigenvalue weighted by atomic mass is 10.1. The molecule has 42 heavy (non-hydrogen) atoms. The first kappa shape index (κ1) is 31.6. The summed E-state index contributed by atoms with van der Waals surface area (Å²) in [4.78, 5) is 45.5. The van der Waals surface area contributed by atoms with Crippen molar-refractivity contribution in [2.24, 2.45) is 0 Å². The van der Waals surface area contributed by atoms with Gasteiger partial charge in [-0.2, -0.15) is 0 Å². The summed E-state index contributed by atoms with van der Waals surface area (Å²) in [6.45, 7) is 9.39. The second kappa shape index (κ2) is 15.8. The van der Waals surface area contributed by atoms with Gasteiger partial charge in [0, 0.05) is 29.9 Å². The number of hydrogen-bond donors (Lipinski definition) is 0. The molecule has 0 saturated carbocycles. The predicted molar refractivity (Wildman–Crippen MR) is 169 cm³/mol. The van der Waals surface area contributed by atoms with E-state index in [0.29, 0.717) is 17.7 Å². The molecule has 0 aliphatic carbocycles. The number of carbonyl (C=O) groups is 3. The molecule has 0 atom stereocenters. The molecule has 2 aliphatic rings. The van der Waals surface area contributed by atoms with Gasteiger partial charge in [-0.1, -0.05) is 75.4 Å². The van der Waals surface area contributed by atoms with Crippen LogP contribution in [0.2, 0.25) is 0 Å². The normalized spacial score (nSPS) is 14.6. The Morgan fingerprint density at radius 1 is 0.500 bits per heavy atom. The van der Waals surface area contributed by atoms with E-state index in [1.807, 2.05) is 41.3 Å². The number of carbonyl (C=O) groups excluding carboxylic acids is 3.